The van der Waals surface area contributed by atoms with Gasteiger partial charge >= 0.3 is 0 Å². The van der Waals surface area contributed by atoms with E-state index in [1.165, 1.54) is 18.4 Å². The van der Waals surface area contributed by atoms with Gasteiger partial charge < -0.3 is 10.2 Å². The van der Waals surface area contributed by atoms with Crippen LogP contribution in [0.15, 0.2) is 54.7 Å². The Morgan fingerprint density at radius 2 is 1.37 bits per heavy atom. The van der Waals surface area contributed by atoms with Gasteiger partial charge in [0.1, 0.15) is 5.82 Å². The van der Waals surface area contributed by atoms with Crippen LogP contribution in [0.2, 0.25) is 20.1 Å². The molecule has 1 N–H and O–H groups in total. The number of benzene rings is 2. The van der Waals surface area contributed by atoms with Crippen molar-refractivity contribution in [3.63, 3.8) is 0 Å². The van der Waals surface area contributed by atoms with Gasteiger partial charge in [-0.15, -0.1) is 0 Å². The van der Waals surface area contributed by atoms with E-state index in [2.05, 4.69) is 32.1 Å². The predicted octanol–water partition coefficient (Wildman–Crippen LogP) is 6.77. The number of rotatable bonds is 8. The number of aromatic nitrogens is 1. The van der Waals surface area contributed by atoms with Crippen LogP contribution in [0, 0.1) is 0 Å². The summed E-state index contributed by atoms with van der Waals surface area (Å²) in [4.78, 5) is 12.3. The Bertz CT molecular complexity index is 1210. The van der Waals surface area contributed by atoms with E-state index in [9.17, 15) is 0 Å². The van der Waals surface area contributed by atoms with Gasteiger partial charge in [0.25, 0.3) is 0 Å². The summed E-state index contributed by atoms with van der Waals surface area (Å²) in [5.74, 6) is 0.886. The first kappa shape index (κ1) is 28.0. The lowest BCUT2D eigenvalue weighted by Crippen LogP contribution is -2.53. The number of hydrogen-bond donors (Lipinski definition) is 1. The van der Waals surface area contributed by atoms with Crippen LogP contribution in [0.4, 0.5) is 5.82 Å². The highest BCUT2D eigenvalue weighted by Crippen LogP contribution is 2.27. The predicted molar refractivity (Wildman–Crippen MR) is 160 cm³/mol. The minimum absolute atomic E-state index is 0.568. The van der Waals surface area contributed by atoms with Crippen molar-refractivity contribution in [2.75, 3.05) is 44.2 Å². The van der Waals surface area contributed by atoms with Gasteiger partial charge in [-0.1, -0.05) is 64.6 Å². The molecule has 0 atom stereocenters. The van der Waals surface area contributed by atoms with Crippen molar-refractivity contribution in [2.45, 2.75) is 38.5 Å². The third kappa shape index (κ3) is 7.33. The summed E-state index contributed by atoms with van der Waals surface area (Å²) in [6.45, 7) is 8.65. The summed E-state index contributed by atoms with van der Waals surface area (Å²) in [5, 5.41) is 6.07. The fraction of sp³-hybridized carbons (Fsp3) is 0.414. The van der Waals surface area contributed by atoms with Crippen LogP contribution in [0.25, 0.3) is 0 Å². The lowest BCUT2D eigenvalue weighted by molar-refractivity contribution is 0.0997. The maximum atomic E-state index is 6.68. The lowest BCUT2D eigenvalue weighted by Gasteiger charge is -2.43. The number of piperazine rings is 1. The van der Waals surface area contributed by atoms with Gasteiger partial charge in [0.2, 0.25) is 0 Å². The molecular weight excluding hydrogens is 560 g/mol. The molecule has 0 aliphatic carbocycles. The average Bonchev–Trinajstić information content (AvgIpc) is 2.93. The fourth-order valence-corrected chi connectivity index (χ4v) is 6.15. The van der Waals surface area contributed by atoms with E-state index in [1.807, 2.05) is 42.6 Å². The van der Waals surface area contributed by atoms with Crippen LogP contribution in [-0.2, 0) is 19.6 Å². The maximum Gasteiger partial charge on any atom is 0.147 e. The van der Waals surface area contributed by atoms with Crippen molar-refractivity contribution >= 4 is 52.2 Å². The molecule has 0 bridgehead atoms. The van der Waals surface area contributed by atoms with Crippen molar-refractivity contribution in [2.24, 2.45) is 0 Å². The smallest absolute Gasteiger partial charge is 0.147 e. The molecule has 0 amide bonds. The van der Waals surface area contributed by atoms with Crippen molar-refractivity contribution in [1.29, 1.82) is 0 Å². The zero-order valence-corrected chi connectivity index (χ0v) is 24.4. The van der Waals surface area contributed by atoms with E-state index in [4.69, 9.17) is 51.4 Å². The van der Waals surface area contributed by atoms with Crippen LogP contribution in [-0.4, -0.2) is 60.1 Å². The fourth-order valence-electron chi connectivity index (χ4n) is 5.39. The quantitative estimate of drug-likeness (QED) is 0.312. The number of pyridine rings is 1. The van der Waals surface area contributed by atoms with E-state index in [0.29, 0.717) is 34.2 Å². The molecule has 5 rings (SSSR count). The summed E-state index contributed by atoms with van der Waals surface area (Å²) >= 11 is 24.8. The molecule has 0 unspecified atom stereocenters. The van der Waals surface area contributed by atoms with Crippen molar-refractivity contribution < 1.29 is 0 Å². The number of piperidine rings is 1. The molecule has 2 fully saturated rings. The van der Waals surface area contributed by atoms with Gasteiger partial charge in [-0.25, -0.2) is 4.98 Å². The Balaban J connectivity index is 1.06. The molecule has 9 heteroatoms. The summed E-state index contributed by atoms with van der Waals surface area (Å²) < 4.78 is 0. The number of nitrogens with one attached hydrogen (secondary N) is 1. The summed E-state index contributed by atoms with van der Waals surface area (Å²) in [6, 6.07) is 16.6. The Hall–Kier alpha value is -1.57. The first-order valence-electron chi connectivity index (χ1n) is 13.2. The molecule has 38 heavy (non-hydrogen) atoms. The molecule has 2 aromatic carbocycles. The lowest BCUT2D eigenvalue weighted by atomic mass is 10.0. The van der Waals surface area contributed by atoms with Gasteiger partial charge in [0, 0.05) is 63.1 Å². The molecule has 5 nitrogen and oxygen atoms in total. The second kappa shape index (κ2) is 13.2. The highest BCUT2D eigenvalue weighted by molar-refractivity contribution is 6.42. The topological polar surface area (TPSA) is 34.6 Å². The second-order valence-corrected chi connectivity index (χ2v) is 11.8. The summed E-state index contributed by atoms with van der Waals surface area (Å²) in [6.07, 6.45) is 4.36. The number of anilines is 1. The largest absolute Gasteiger partial charge is 0.353 e. The first-order valence-corrected chi connectivity index (χ1v) is 14.7. The van der Waals surface area contributed by atoms with Crippen LogP contribution in [0.3, 0.4) is 0 Å². The molecule has 202 valence electrons. The number of nitrogens with zero attached hydrogens (tertiary/aromatic N) is 4. The standard InChI is InChI=1S/C29H33Cl4N5/c30-24-4-1-21(2-5-24)20-36-9-7-25(8-10-36)37-11-13-38(14-12-37)29-28(33)16-23(19-35-29)18-34-17-22-3-6-26(31)27(32)15-22/h1-6,15-16,19,25,34H,7-14,17-18,20H2. The average molecular weight is 593 g/mol. The van der Waals surface area contributed by atoms with Crippen molar-refractivity contribution in [1.82, 2.24) is 20.1 Å². The van der Waals surface area contributed by atoms with Crippen LogP contribution in [0.5, 0.6) is 0 Å². The summed E-state index contributed by atoms with van der Waals surface area (Å²) in [5.41, 5.74) is 3.47. The van der Waals surface area contributed by atoms with Crippen molar-refractivity contribution in [3.8, 4) is 0 Å². The van der Waals surface area contributed by atoms with Gasteiger partial charge in [-0.2, -0.15) is 0 Å². The molecule has 1 aromatic heterocycles. The minimum Gasteiger partial charge on any atom is -0.353 e. The van der Waals surface area contributed by atoms with Gasteiger partial charge in [0.15, 0.2) is 0 Å². The highest BCUT2D eigenvalue weighted by Gasteiger charge is 2.28. The van der Waals surface area contributed by atoms with Crippen LogP contribution < -0.4 is 10.2 Å². The first-order chi connectivity index (χ1) is 18.4. The van der Waals surface area contributed by atoms with E-state index in [0.717, 1.165) is 67.8 Å². The van der Waals surface area contributed by atoms with Gasteiger partial charge in [-0.05, 0) is 73.0 Å². The highest BCUT2D eigenvalue weighted by atomic mass is 35.5. The molecule has 0 radical (unpaired) electrons. The molecule has 2 saturated heterocycles. The third-order valence-corrected chi connectivity index (χ3v) is 8.80. The SMILES string of the molecule is Clc1ccc(CN2CCC(N3CCN(c4ncc(CNCc5ccc(Cl)c(Cl)c5)cc4Cl)CC3)CC2)cc1. The molecule has 2 aliphatic heterocycles. The molecular formula is C29H33Cl4N5. The molecule has 0 saturated carbocycles. The Morgan fingerprint density at radius 3 is 2.05 bits per heavy atom. The molecule has 3 heterocycles. The Kier molecular flexibility index (Phi) is 9.71. The van der Waals surface area contributed by atoms with Gasteiger partial charge in [0.05, 0.1) is 15.1 Å². The molecule has 2 aliphatic rings. The van der Waals surface area contributed by atoms with E-state index < -0.39 is 0 Å². The monoisotopic (exact) mass is 591 g/mol. The van der Waals surface area contributed by atoms with Gasteiger partial charge in [-0.3, -0.25) is 9.80 Å². The zero-order chi connectivity index (χ0) is 26.5. The third-order valence-electron chi connectivity index (χ3n) is 7.53. The number of halogens is 4. The Labute approximate surface area is 245 Å². The second-order valence-electron chi connectivity index (χ2n) is 10.2. The number of likely N-dealkylation sites (tertiary alicyclic amines) is 1. The zero-order valence-electron chi connectivity index (χ0n) is 21.4. The van der Waals surface area contributed by atoms with E-state index in [1.54, 1.807) is 0 Å². The molecule has 3 aromatic rings. The van der Waals surface area contributed by atoms with E-state index in [-0.39, 0.29) is 0 Å². The maximum absolute atomic E-state index is 6.68. The van der Waals surface area contributed by atoms with Crippen molar-refractivity contribution in [3.05, 3.63) is 91.5 Å². The van der Waals surface area contributed by atoms with Crippen LogP contribution >= 0.6 is 46.4 Å². The Morgan fingerprint density at radius 1 is 0.711 bits per heavy atom. The number of hydrogen-bond acceptors (Lipinski definition) is 5. The molecule has 0 spiro atoms. The van der Waals surface area contributed by atoms with E-state index >= 15 is 0 Å². The van der Waals surface area contributed by atoms with Crippen LogP contribution in [0.1, 0.15) is 29.5 Å². The minimum atomic E-state index is 0.568. The normalized spacial score (nSPS) is 17.7. The summed E-state index contributed by atoms with van der Waals surface area (Å²) in [7, 11) is 0.